The van der Waals surface area contributed by atoms with Gasteiger partial charge >= 0.3 is 0 Å². The molecule has 0 bridgehead atoms. The molecule has 3 rings (SSSR count). The third-order valence-corrected chi connectivity index (χ3v) is 3.96. The zero-order valence-electron chi connectivity index (χ0n) is 10.6. The number of fused-ring (bicyclic) bond motifs is 1. The van der Waals surface area contributed by atoms with Crippen LogP contribution >= 0.6 is 0 Å². The van der Waals surface area contributed by atoms with E-state index in [1.54, 1.807) is 0 Å². The number of nitrogen functional groups attached to an aromatic ring is 1. The lowest BCUT2D eigenvalue weighted by atomic mass is 10.0. The number of carbonyl (C=O) groups excluding carboxylic acids is 1. The Kier molecular flexibility index (Phi) is 2.65. The SMILES string of the molecule is CCC1CC1Nc1cc2c(cc1N)NC(=O)CC2. The molecule has 4 nitrogen and oxygen atoms in total. The van der Waals surface area contributed by atoms with Crippen LogP contribution in [0.15, 0.2) is 12.1 Å². The zero-order chi connectivity index (χ0) is 12.7. The highest BCUT2D eigenvalue weighted by Gasteiger charge is 2.35. The number of nitrogens with one attached hydrogen (secondary N) is 2. The predicted molar refractivity (Wildman–Crippen MR) is 73.6 cm³/mol. The van der Waals surface area contributed by atoms with Crippen molar-refractivity contribution in [2.24, 2.45) is 5.92 Å². The van der Waals surface area contributed by atoms with Gasteiger partial charge in [0.15, 0.2) is 0 Å². The van der Waals surface area contributed by atoms with Gasteiger partial charge < -0.3 is 16.4 Å². The Bertz CT molecular complexity index is 498. The first-order valence-corrected chi connectivity index (χ1v) is 6.66. The number of aryl methyl sites for hydroxylation is 1. The van der Waals surface area contributed by atoms with E-state index in [4.69, 9.17) is 5.73 Å². The summed E-state index contributed by atoms with van der Waals surface area (Å²) < 4.78 is 0. The zero-order valence-corrected chi connectivity index (χ0v) is 10.6. The number of nitrogens with two attached hydrogens (primary N) is 1. The average molecular weight is 245 g/mol. The fourth-order valence-corrected chi connectivity index (χ4v) is 2.65. The van der Waals surface area contributed by atoms with Crippen molar-refractivity contribution >= 4 is 23.0 Å². The molecular weight excluding hydrogens is 226 g/mol. The van der Waals surface area contributed by atoms with E-state index >= 15 is 0 Å². The Hall–Kier alpha value is -1.71. The molecule has 4 N–H and O–H groups in total. The van der Waals surface area contributed by atoms with E-state index in [1.165, 1.54) is 18.4 Å². The summed E-state index contributed by atoms with van der Waals surface area (Å²) in [5.74, 6) is 0.871. The van der Waals surface area contributed by atoms with Gasteiger partial charge in [-0.05, 0) is 36.5 Å². The molecule has 1 aromatic carbocycles. The number of benzene rings is 1. The Morgan fingerprint density at radius 1 is 1.44 bits per heavy atom. The Balaban J connectivity index is 1.81. The second-order valence-corrected chi connectivity index (χ2v) is 5.30. The summed E-state index contributed by atoms with van der Waals surface area (Å²) >= 11 is 0. The molecule has 0 spiro atoms. The van der Waals surface area contributed by atoms with Crippen molar-refractivity contribution in [3.05, 3.63) is 17.7 Å². The molecule has 0 radical (unpaired) electrons. The van der Waals surface area contributed by atoms with Gasteiger partial charge in [-0.1, -0.05) is 13.3 Å². The van der Waals surface area contributed by atoms with Gasteiger partial charge in [0.25, 0.3) is 0 Å². The lowest BCUT2D eigenvalue weighted by molar-refractivity contribution is -0.116. The normalized spacial score (nSPS) is 25.3. The Morgan fingerprint density at radius 2 is 2.28 bits per heavy atom. The average Bonchev–Trinajstić information content (AvgIpc) is 3.09. The summed E-state index contributed by atoms with van der Waals surface area (Å²) in [4.78, 5) is 11.3. The Labute approximate surface area is 107 Å². The van der Waals surface area contributed by atoms with E-state index in [0.29, 0.717) is 12.5 Å². The highest BCUT2D eigenvalue weighted by Crippen LogP contribution is 2.39. The molecule has 1 saturated carbocycles. The largest absolute Gasteiger partial charge is 0.397 e. The van der Waals surface area contributed by atoms with Gasteiger partial charge in [-0.3, -0.25) is 4.79 Å². The number of rotatable bonds is 3. The van der Waals surface area contributed by atoms with Crippen LogP contribution in [-0.4, -0.2) is 11.9 Å². The van der Waals surface area contributed by atoms with E-state index in [-0.39, 0.29) is 5.91 Å². The summed E-state index contributed by atoms with van der Waals surface area (Å²) in [7, 11) is 0. The second-order valence-electron chi connectivity index (χ2n) is 5.30. The van der Waals surface area contributed by atoms with Crippen LogP contribution in [0, 0.1) is 5.92 Å². The van der Waals surface area contributed by atoms with E-state index in [9.17, 15) is 4.79 Å². The second kappa shape index (κ2) is 4.19. The van der Waals surface area contributed by atoms with Crippen molar-refractivity contribution in [2.75, 3.05) is 16.4 Å². The van der Waals surface area contributed by atoms with Gasteiger partial charge in [0, 0.05) is 18.2 Å². The third-order valence-electron chi connectivity index (χ3n) is 3.96. The molecule has 1 fully saturated rings. The number of anilines is 3. The van der Waals surface area contributed by atoms with E-state index in [0.717, 1.165) is 29.4 Å². The maximum Gasteiger partial charge on any atom is 0.224 e. The summed E-state index contributed by atoms with van der Waals surface area (Å²) in [6, 6.07) is 4.54. The maximum atomic E-state index is 11.3. The molecule has 2 atom stereocenters. The molecule has 0 saturated heterocycles. The number of carbonyl (C=O) groups is 1. The molecule has 2 aliphatic rings. The minimum absolute atomic E-state index is 0.0795. The van der Waals surface area contributed by atoms with Gasteiger partial charge in [-0.15, -0.1) is 0 Å². The van der Waals surface area contributed by atoms with Crippen LogP contribution in [0.4, 0.5) is 17.1 Å². The van der Waals surface area contributed by atoms with E-state index < -0.39 is 0 Å². The highest BCUT2D eigenvalue weighted by atomic mass is 16.1. The van der Waals surface area contributed by atoms with Gasteiger partial charge in [0.2, 0.25) is 5.91 Å². The molecule has 96 valence electrons. The molecule has 18 heavy (non-hydrogen) atoms. The van der Waals surface area contributed by atoms with E-state index in [2.05, 4.69) is 23.6 Å². The molecule has 0 aromatic heterocycles. The van der Waals surface area contributed by atoms with Crippen LogP contribution in [0.3, 0.4) is 0 Å². The number of hydrogen-bond acceptors (Lipinski definition) is 3. The number of amides is 1. The van der Waals surface area contributed by atoms with Crippen molar-refractivity contribution in [3.63, 3.8) is 0 Å². The lowest BCUT2D eigenvalue weighted by Crippen LogP contribution is -2.19. The standard InChI is InChI=1S/C14H19N3O/c1-2-8-5-11(8)16-13-6-9-3-4-14(18)17-12(9)7-10(13)15/h6-8,11,16H,2-5,15H2,1H3,(H,17,18). The van der Waals surface area contributed by atoms with Crippen molar-refractivity contribution in [1.82, 2.24) is 0 Å². The van der Waals surface area contributed by atoms with Gasteiger partial charge in [-0.2, -0.15) is 0 Å². The molecule has 2 unspecified atom stereocenters. The van der Waals surface area contributed by atoms with Gasteiger partial charge in [0.05, 0.1) is 11.4 Å². The molecule has 1 aromatic rings. The van der Waals surface area contributed by atoms with Crippen molar-refractivity contribution < 1.29 is 4.79 Å². The summed E-state index contributed by atoms with van der Waals surface area (Å²) in [5.41, 5.74) is 9.83. The molecule has 1 aliphatic heterocycles. The van der Waals surface area contributed by atoms with Crippen LogP contribution in [0.5, 0.6) is 0 Å². The Morgan fingerprint density at radius 3 is 3.00 bits per heavy atom. The summed E-state index contributed by atoms with van der Waals surface area (Å²) in [6.07, 6.45) is 3.83. The highest BCUT2D eigenvalue weighted by molar-refractivity contribution is 5.95. The monoisotopic (exact) mass is 245 g/mol. The first kappa shape index (κ1) is 11.4. The number of hydrogen-bond donors (Lipinski definition) is 3. The van der Waals surface area contributed by atoms with Gasteiger partial charge in [0.1, 0.15) is 0 Å². The van der Waals surface area contributed by atoms with Crippen molar-refractivity contribution in [2.45, 2.75) is 38.6 Å². The fraction of sp³-hybridized carbons (Fsp3) is 0.500. The van der Waals surface area contributed by atoms with Crippen LogP contribution in [0.2, 0.25) is 0 Å². The molecule has 1 heterocycles. The summed E-state index contributed by atoms with van der Waals surface area (Å²) in [5, 5.41) is 6.38. The van der Waals surface area contributed by atoms with Crippen LogP contribution in [0.25, 0.3) is 0 Å². The topological polar surface area (TPSA) is 67.2 Å². The minimum Gasteiger partial charge on any atom is -0.397 e. The molecular formula is C14H19N3O. The maximum absolute atomic E-state index is 11.3. The predicted octanol–water partition coefficient (Wildman–Crippen LogP) is 2.36. The van der Waals surface area contributed by atoms with Crippen LogP contribution in [0.1, 0.15) is 31.7 Å². The quantitative estimate of drug-likeness (QED) is 0.716. The first-order chi connectivity index (χ1) is 8.67. The van der Waals surface area contributed by atoms with Gasteiger partial charge in [-0.25, -0.2) is 0 Å². The van der Waals surface area contributed by atoms with Crippen molar-refractivity contribution in [1.29, 1.82) is 0 Å². The van der Waals surface area contributed by atoms with Crippen LogP contribution < -0.4 is 16.4 Å². The fourth-order valence-electron chi connectivity index (χ4n) is 2.65. The third kappa shape index (κ3) is 2.03. The van der Waals surface area contributed by atoms with Crippen LogP contribution in [-0.2, 0) is 11.2 Å². The van der Waals surface area contributed by atoms with E-state index in [1.807, 2.05) is 6.07 Å². The molecule has 1 amide bonds. The lowest BCUT2D eigenvalue weighted by Gasteiger charge is -2.19. The molecule has 4 heteroatoms. The summed E-state index contributed by atoms with van der Waals surface area (Å²) in [6.45, 7) is 2.22. The minimum atomic E-state index is 0.0795. The first-order valence-electron chi connectivity index (χ1n) is 6.66. The molecule has 1 aliphatic carbocycles. The smallest absolute Gasteiger partial charge is 0.224 e. The van der Waals surface area contributed by atoms with Crippen molar-refractivity contribution in [3.8, 4) is 0 Å².